The average Bonchev–Trinajstić information content (AvgIpc) is 2.97. The summed E-state index contributed by atoms with van der Waals surface area (Å²) in [6.45, 7) is 0. The minimum absolute atomic E-state index is 0.394. The summed E-state index contributed by atoms with van der Waals surface area (Å²) in [6.07, 6.45) is 3.46. The first-order valence-electron chi connectivity index (χ1n) is 7.24. The minimum Gasteiger partial charge on any atom is -0.493 e. The summed E-state index contributed by atoms with van der Waals surface area (Å²) in [5.41, 5.74) is 2.08. The van der Waals surface area contributed by atoms with Gasteiger partial charge in [-0.3, -0.25) is 0 Å². The zero-order valence-corrected chi connectivity index (χ0v) is 14.0. The largest absolute Gasteiger partial charge is 0.493 e. The zero-order chi connectivity index (χ0) is 17.1. The quantitative estimate of drug-likeness (QED) is 0.612. The second-order valence-electron chi connectivity index (χ2n) is 5.12. The van der Waals surface area contributed by atoms with Gasteiger partial charge in [-0.05, 0) is 48.0 Å². The molecule has 122 valence electrons. The van der Waals surface area contributed by atoms with Crippen molar-refractivity contribution in [2.24, 2.45) is 0 Å². The molecule has 4 nitrogen and oxygen atoms in total. The molecule has 1 heterocycles. The Kier molecular flexibility index (Phi) is 4.58. The fraction of sp³-hybridized carbons (Fsp3) is 0.105. The molecule has 1 aliphatic rings. The third-order valence-corrected chi connectivity index (χ3v) is 3.84. The number of hydrogen-bond donors (Lipinski definition) is 0. The van der Waals surface area contributed by atoms with Gasteiger partial charge < -0.3 is 14.2 Å². The molecule has 2 aromatic rings. The van der Waals surface area contributed by atoms with E-state index in [1.54, 1.807) is 50.6 Å². The van der Waals surface area contributed by atoms with Crippen LogP contribution in [0.3, 0.4) is 0 Å². The van der Waals surface area contributed by atoms with E-state index in [-0.39, 0.29) is 0 Å². The number of carbonyl (C=O) groups excluding carboxylic acids is 1. The molecule has 0 aromatic heterocycles. The van der Waals surface area contributed by atoms with Crippen LogP contribution in [0.25, 0.3) is 11.8 Å². The molecule has 0 atom stereocenters. The van der Waals surface area contributed by atoms with E-state index in [9.17, 15) is 4.79 Å². The monoisotopic (exact) mass is 342 g/mol. The third-order valence-electron chi connectivity index (χ3n) is 3.59. The van der Waals surface area contributed by atoms with Crippen molar-refractivity contribution in [3.8, 4) is 11.5 Å². The van der Waals surface area contributed by atoms with Gasteiger partial charge in [0.1, 0.15) is 5.76 Å². The Morgan fingerprint density at radius 2 is 1.71 bits per heavy atom. The first-order chi connectivity index (χ1) is 11.6. The summed E-state index contributed by atoms with van der Waals surface area (Å²) in [6, 6.07) is 12.6. The van der Waals surface area contributed by atoms with E-state index in [0.717, 1.165) is 11.1 Å². The highest BCUT2D eigenvalue weighted by atomic mass is 35.5. The number of halogens is 1. The van der Waals surface area contributed by atoms with Gasteiger partial charge in [-0.25, -0.2) is 4.79 Å². The van der Waals surface area contributed by atoms with Crippen LogP contribution in [-0.2, 0) is 9.53 Å². The number of esters is 1. The molecule has 0 amide bonds. The summed E-state index contributed by atoms with van der Waals surface area (Å²) in [5, 5.41) is 0.646. The molecular weight excluding hydrogens is 328 g/mol. The van der Waals surface area contributed by atoms with Crippen LogP contribution in [0.1, 0.15) is 11.1 Å². The van der Waals surface area contributed by atoms with Crippen LogP contribution >= 0.6 is 11.6 Å². The molecule has 0 spiro atoms. The molecule has 3 rings (SSSR count). The molecular formula is C19H15ClO4. The van der Waals surface area contributed by atoms with E-state index in [1.165, 1.54) is 0 Å². The Bertz CT molecular complexity index is 835. The zero-order valence-electron chi connectivity index (χ0n) is 13.2. The van der Waals surface area contributed by atoms with Gasteiger partial charge >= 0.3 is 5.97 Å². The third kappa shape index (κ3) is 3.29. The SMILES string of the molecule is COc1ccc(C2=C/C(=C/c3ccc(Cl)cc3)C(=O)O2)cc1OC. The predicted molar refractivity (Wildman–Crippen MR) is 93.0 cm³/mol. The lowest BCUT2D eigenvalue weighted by Gasteiger charge is -2.09. The van der Waals surface area contributed by atoms with Crippen molar-refractivity contribution < 1.29 is 19.0 Å². The predicted octanol–water partition coefficient (Wildman–Crippen LogP) is 4.34. The van der Waals surface area contributed by atoms with Gasteiger partial charge in [-0.2, -0.15) is 0 Å². The lowest BCUT2D eigenvalue weighted by molar-refractivity contribution is -0.130. The molecule has 5 heteroatoms. The van der Waals surface area contributed by atoms with Crippen molar-refractivity contribution in [3.63, 3.8) is 0 Å². The maximum Gasteiger partial charge on any atom is 0.343 e. The minimum atomic E-state index is -0.394. The van der Waals surface area contributed by atoms with E-state index in [1.807, 2.05) is 18.2 Å². The topological polar surface area (TPSA) is 44.8 Å². The van der Waals surface area contributed by atoms with Crippen LogP contribution in [0.4, 0.5) is 0 Å². The number of methoxy groups -OCH3 is 2. The molecule has 0 saturated carbocycles. The molecule has 24 heavy (non-hydrogen) atoms. The van der Waals surface area contributed by atoms with Crippen LogP contribution in [-0.4, -0.2) is 20.2 Å². The molecule has 0 saturated heterocycles. The van der Waals surface area contributed by atoms with E-state index in [2.05, 4.69) is 0 Å². The Labute approximate surface area is 144 Å². The van der Waals surface area contributed by atoms with E-state index >= 15 is 0 Å². The fourth-order valence-electron chi connectivity index (χ4n) is 2.36. The maximum atomic E-state index is 12.1. The van der Waals surface area contributed by atoms with Crippen molar-refractivity contribution in [1.82, 2.24) is 0 Å². The summed E-state index contributed by atoms with van der Waals surface area (Å²) in [5.74, 6) is 1.26. The highest BCUT2D eigenvalue weighted by molar-refractivity contribution is 6.30. The van der Waals surface area contributed by atoms with Gasteiger partial charge in [-0.15, -0.1) is 0 Å². The van der Waals surface area contributed by atoms with E-state index in [4.69, 9.17) is 25.8 Å². The van der Waals surface area contributed by atoms with Crippen LogP contribution in [0.2, 0.25) is 5.02 Å². The second kappa shape index (κ2) is 6.81. The van der Waals surface area contributed by atoms with Gasteiger partial charge in [0.2, 0.25) is 0 Å². The smallest absolute Gasteiger partial charge is 0.343 e. The Morgan fingerprint density at radius 3 is 2.38 bits per heavy atom. The number of carbonyl (C=O) groups is 1. The number of rotatable bonds is 4. The summed E-state index contributed by atoms with van der Waals surface area (Å²) in [4.78, 5) is 12.1. The van der Waals surface area contributed by atoms with Crippen molar-refractivity contribution in [1.29, 1.82) is 0 Å². The average molecular weight is 343 g/mol. The molecule has 0 aliphatic carbocycles. The van der Waals surface area contributed by atoms with Crippen LogP contribution in [0.15, 0.2) is 54.1 Å². The van der Waals surface area contributed by atoms with Crippen molar-refractivity contribution >= 4 is 29.4 Å². The number of ether oxygens (including phenoxy) is 3. The summed E-state index contributed by atoms with van der Waals surface area (Å²) < 4.78 is 15.8. The molecule has 0 bridgehead atoms. The van der Waals surface area contributed by atoms with Crippen LogP contribution in [0, 0.1) is 0 Å². The number of cyclic esters (lactones) is 1. The number of hydrogen-bond acceptors (Lipinski definition) is 4. The molecule has 2 aromatic carbocycles. The van der Waals surface area contributed by atoms with E-state index < -0.39 is 5.97 Å². The van der Waals surface area contributed by atoms with Crippen LogP contribution < -0.4 is 9.47 Å². The molecule has 0 N–H and O–H groups in total. The van der Waals surface area contributed by atoms with Crippen molar-refractivity contribution in [2.75, 3.05) is 14.2 Å². The van der Waals surface area contributed by atoms with Gasteiger partial charge in [0.15, 0.2) is 11.5 Å². The standard InChI is InChI=1S/C19H15ClO4/c1-22-16-8-5-13(10-18(16)23-2)17-11-14(19(21)24-17)9-12-3-6-15(20)7-4-12/h3-11H,1-2H3/b14-9-. The molecule has 0 radical (unpaired) electrons. The molecule has 0 fully saturated rings. The molecule has 1 aliphatic heterocycles. The first kappa shape index (κ1) is 16.1. The highest BCUT2D eigenvalue weighted by Crippen LogP contribution is 2.34. The summed E-state index contributed by atoms with van der Waals surface area (Å²) in [7, 11) is 3.13. The molecule has 0 unspecified atom stereocenters. The maximum absolute atomic E-state index is 12.1. The van der Waals surface area contributed by atoms with Gasteiger partial charge in [-0.1, -0.05) is 23.7 Å². The van der Waals surface area contributed by atoms with Gasteiger partial charge in [0.25, 0.3) is 0 Å². The Hall–Kier alpha value is -2.72. The lowest BCUT2D eigenvalue weighted by Crippen LogP contribution is -1.97. The Balaban J connectivity index is 1.93. The van der Waals surface area contributed by atoms with Crippen molar-refractivity contribution in [2.45, 2.75) is 0 Å². The van der Waals surface area contributed by atoms with Crippen molar-refractivity contribution in [3.05, 3.63) is 70.3 Å². The van der Waals surface area contributed by atoms with Gasteiger partial charge in [0, 0.05) is 10.6 Å². The summed E-state index contributed by atoms with van der Waals surface area (Å²) >= 11 is 5.87. The normalized spacial score (nSPS) is 15.2. The Morgan fingerprint density at radius 1 is 1.00 bits per heavy atom. The number of benzene rings is 2. The van der Waals surface area contributed by atoms with E-state index in [0.29, 0.717) is 27.9 Å². The van der Waals surface area contributed by atoms with Crippen LogP contribution in [0.5, 0.6) is 11.5 Å². The fourth-order valence-corrected chi connectivity index (χ4v) is 2.49. The van der Waals surface area contributed by atoms with Gasteiger partial charge in [0.05, 0.1) is 19.8 Å². The highest BCUT2D eigenvalue weighted by Gasteiger charge is 2.22. The first-order valence-corrected chi connectivity index (χ1v) is 7.62. The lowest BCUT2D eigenvalue weighted by atomic mass is 10.1. The second-order valence-corrected chi connectivity index (χ2v) is 5.56.